The smallest absolute Gasteiger partial charge is 0.251 e. The van der Waals surface area contributed by atoms with Crippen LogP contribution in [-0.4, -0.2) is 17.6 Å². The van der Waals surface area contributed by atoms with Gasteiger partial charge in [0, 0.05) is 12.1 Å². The van der Waals surface area contributed by atoms with Crippen molar-refractivity contribution in [2.75, 3.05) is 6.54 Å². The highest BCUT2D eigenvalue weighted by Crippen LogP contribution is 2.48. The van der Waals surface area contributed by atoms with Gasteiger partial charge in [0.05, 0.1) is 6.10 Å². The molecule has 1 amide bonds. The molecule has 108 valence electrons. The molecular weight excluding hydrogens is 250 g/mol. The molecule has 0 aromatic heterocycles. The monoisotopic (exact) mass is 273 g/mol. The van der Waals surface area contributed by atoms with E-state index < -0.39 is 6.10 Å². The molecule has 3 rings (SSSR count). The van der Waals surface area contributed by atoms with Crippen LogP contribution in [0.4, 0.5) is 0 Å². The van der Waals surface area contributed by atoms with Crippen molar-refractivity contribution < 1.29 is 9.90 Å². The van der Waals surface area contributed by atoms with Crippen LogP contribution in [0.3, 0.4) is 0 Å². The van der Waals surface area contributed by atoms with Crippen molar-refractivity contribution in [2.24, 2.45) is 11.3 Å². The summed E-state index contributed by atoms with van der Waals surface area (Å²) in [5.41, 5.74) is 2.90. The molecule has 0 bridgehead atoms. The molecular formula is C17H23NO2. The maximum atomic E-state index is 11.9. The summed E-state index contributed by atoms with van der Waals surface area (Å²) in [6.07, 6.45) is 3.83. The molecule has 3 nitrogen and oxygen atoms in total. The zero-order chi connectivity index (χ0) is 14.3. The fraction of sp³-hybridized carbons (Fsp3) is 0.588. The number of aliphatic hydroxyl groups is 1. The summed E-state index contributed by atoms with van der Waals surface area (Å²) in [7, 11) is 0. The van der Waals surface area contributed by atoms with Crippen molar-refractivity contribution in [1.82, 2.24) is 5.32 Å². The quantitative estimate of drug-likeness (QED) is 0.870. The Balaban J connectivity index is 1.91. The van der Waals surface area contributed by atoms with Gasteiger partial charge in [0.25, 0.3) is 5.91 Å². The fourth-order valence-corrected chi connectivity index (χ4v) is 3.78. The minimum absolute atomic E-state index is 0.00835. The van der Waals surface area contributed by atoms with Crippen molar-refractivity contribution in [3.8, 4) is 0 Å². The number of hydrogen-bond donors (Lipinski definition) is 2. The predicted molar refractivity (Wildman–Crippen MR) is 78.6 cm³/mol. The molecule has 2 unspecified atom stereocenters. The highest BCUT2D eigenvalue weighted by Gasteiger charge is 2.39. The van der Waals surface area contributed by atoms with Gasteiger partial charge in [0.1, 0.15) is 0 Å². The average Bonchev–Trinajstić information content (AvgIpc) is 2.78. The Labute approximate surface area is 120 Å². The first-order valence-electron chi connectivity index (χ1n) is 7.58. The number of hydrogen-bond acceptors (Lipinski definition) is 2. The van der Waals surface area contributed by atoms with E-state index in [1.54, 1.807) is 0 Å². The predicted octanol–water partition coefficient (Wildman–Crippen LogP) is 2.83. The number of fused-ring (bicyclic) bond motifs is 1. The van der Waals surface area contributed by atoms with Crippen molar-refractivity contribution in [3.05, 3.63) is 34.9 Å². The van der Waals surface area contributed by atoms with Crippen molar-refractivity contribution in [2.45, 2.75) is 45.6 Å². The number of benzene rings is 1. The van der Waals surface area contributed by atoms with Gasteiger partial charge >= 0.3 is 0 Å². The Morgan fingerprint density at radius 2 is 2.20 bits per heavy atom. The number of nitrogens with one attached hydrogen (secondary N) is 1. The van der Waals surface area contributed by atoms with Gasteiger partial charge in [-0.3, -0.25) is 4.79 Å². The lowest BCUT2D eigenvalue weighted by Gasteiger charge is -2.32. The summed E-state index contributed by atoms with van der Waals surface area (Å²) in [6.45, 7) is 5.18. The van der Waals surface area contributed by atoms with Crippen molar-refractivity contribution in [1.29, 1.82) is 0 Å². The van der Waals surface area contributed by atoms with E-state index in [1.807, 2.05) is 18.2 Å². The Morgan fingerprint density at radius 3 is 2.90 bits per heavy atom. The molecule has 0 saturated heterocycles. The largest absolute Gasteiger partial charge is 0.388 e. The topological polar surface area (TPSA) is 49.3 Å². The van der Waals surface area contributed by atoms with Gasteiger partial charge in [-0.2, -0.15) is 0 Å². The van der Waals surface area contributed by atoms with E-state index in [1.165, 1.54) is 12.8 Å². The number of rotatable bonds is 2. The van der Waals surface area contributed by atoms with Crippen LogP contribution in [0.25, 0.3) is 0 Å². The minimum Gasteiger partial charge on any atom is -0.388 e. The number of amides is 1. The fourth-order valence-electron chi connectivity index (χ4n) is 3.78. The van der Waals surface area contributed by atoms with Crippen LogP contribution in [0.1, 0.15) is 60.7 Å². The summed E-state index contributed by atoms with van der Waals surface area (Å²) in [6, 6.07) is 5.90. The first kappa shape index (κ1) is 13.6. The molecule has 1 aliphatic heterocycles. The summed E-state index contributed by atoms with van der Waals surface area (Å²) >= 11 is 0. The van der Waals surface area contributed by atoms with Gasteiger partial charge in [0.2, 0.25) is 0 Å². The van der Waals surface area contributed by atoms with Crippen LogP contribution in [0.15, 0.2) is 18.2 Å². The molecule has 3 heteroatoms. The molecule has 1 aromatic carbocycles. The van der Waals surface area contributed by atoms with Crippen LogP contribution in [0.5, 0.6) is 0 Å². The zero-order valence-electron chi connectivity index (χ0n) is 12.3. The standard InChI is InChI=1S/C17H23NO2/c1-17(2)8-3-4-14(17)15(19)12-6-5-11-7-9-18-16(20)13(11)10-12/h5-6,10,14-15,19H,3-4,7-9H2,1-2H3,(H,18,20). The molecule has 1 heterocycles. The third kappa shape index (κ3) is 2.24. The third-order valence-corrected chi connectivity index (χ3v) is 5.12. The molecule has 20 heavy (non-hydrogen) atoms. The van der Waals surface area contributed by atoms with Crippen LogP contribution in [0.2, 0.25) is 0 Å². The van der Waals surface area contributed by atoms with Crippen LogP contribution in [-0.2, 0) is 6.42 Å². The SMILES string of the molecule is CC1(C)CCCC1C(O)c1ccc2c(c1)C(=O)NCC2. The van der Waals surface area contributed by atoms with Gasteiger partial charge in [-0.25, -0.2) is 0 Å². The van der Waals surface area contributed by atoms with Gasteiger partial charge in [0.15, 0.2) is 0 Å². The van der Waals surface area contributed by atoms with Gasteiger partial charge in [-0.05, 0) is 47.8 Å². The maximum Gasteiger partial charge on any atom is 0.251 e. The van der Waals surface area contributed by atoms with E-state index in [4.69, 9.17) is 0 Å². The van der Waals surface area contributed by atoms with Crippen LogP contribution < -0.4 is 5.32 Å². The zero-order valence-corrected chi connectivity index (χ0v) is 12.3. The van der Waals surface area contributed by atoms with E-state index in [-0.39, 0.29) is 17.2 Å². The molecule has 0 spiro atoms. The average molecular weight is 273 g/mol. The van der Waals surface area contributed by atoms with E-state index in [9.17, 15) is 9.90 Å². The molecule has 1 fully saturated rings. The second-order valence-electron chi connectivity index (χ2n) is 6.85. The van der Waals surface area contributed by atoms with Gasteiger partial charge in [-0.1, -0.05) is 32.4 Å². The Hall–Kier alpha value is -1.35. The Kier molecular flexibility index (Phi) is 3.33. The second-order valence-corrected chi connectivity index (χ2v) is 6.85. The molecule has 1 aliphatic carbocycles. The summed E-state index contributed by atoms with van der Waals surface area (Å²) in [5, 5.41) is 13.6. The third-order valence-electron chi connectivity index (χ3n) is 5.12. The number of aliphatic hydroxyl groups excluding tert-OH is 1. The molecule has 1 saturated carbocycles. The van der Waals surface area contributed by atoms with Crippen molar-refractivity contribution >= 4 is 5.91 Å². The van der Waals surface area contributed by atoms with E-state index in [0.29, 0.717) is 6.54 Å². The molecule has 2 aliphatic rings. The molecule has 0 radical (unpaired) electrons. The first-order chi connectivity index (χ1) is 9.49. The van der Waals surface area contributed by atoms with E-state index in [0.717, 1.165) is 29.5 Å². The molecule has 2 atom stereocenters. The van der Waals surface area contributed by atoms with Gasteiger partial charge < -0.3 is 10.4 Å². The van der Waals surface area contributed by atoms with Crippen LogP contribution >= 0.6 is 0 Å². The molecule has 2 N–H and O–H groups in total. The second kappa shape index (κ2) is 4.88. The summed E-state index contributed by atoms with van der Waals surface area (Å²) in [4.78, 5) is 11.9. The summed E-state index contributed by atoms with van der Waals surface area (Å²) in [5.74, 6) is 0.276. The summed E-state index contributed by atoms with van der Waals surface area (Å²) < 4.78 is 0. The van der Waals surface area contributed by atoms with E-state index >= 15 is 0 Å². The van der Waals surface area contributed by atoms with E-state index in [2.05, 4.69) is 19.2 Å². The lowest BCUT2D eigenvalue weighted by atomic mass is 9.76. The minimum atomic E-state index is -0.465. The maximum absolute atomic E-state index is 11.9. The lowest BCUT2D eigenvalue weighted by molar-refractivity contribution is 0.0531. The van der Waals surface area contributed by atoms with Crippen molar-refractivity contribution in [3.63, 3.8) is 0 Å². The van der Waals surface area contributed by atoms with Gasteiger partial charge in [-0.15, -0.1) is 0 Å². The highest BCUT2D eigenvalue weighted by atomic mass is 16.3. The number of carbonyl (C=O) groups excluding carboxylic acids is 1. The normalized spacial score (nSPS) is 25.9. The Bertz CT molecular complexity index is 536. The van der Waals surface area contributed by atoms with Crippen LogP contribution in [0, 0.1) is 11.3 Å². The Morgan fingerprint density at radius 1 is 1.40 bits per heavy atom. The first-order valence-corrected chi connectivity index (χ1v) is 7.58. The molecule has 1 aromatic rings. The lowest BCUT2D eigenvalue weighted by Crippen LogP contribution is -2.32. The highest BCUT2D eigenvalue weighted by molar-refractivity contribution is 5.96. The number of carbonyl (C=O) groups is 1.